The molecule has 3 rings (SSSR count). The smallest absolute Gasteiger partial charge is 0.255 e. The Labute approximate surface area is 146 Å². The molecule has 3 N–H and O–H groups in total. The third-order valence-corrected chi connectivity index (χ3v) is 4.99. The van der Waals surface area contributed by atoms with E-state index >= 15 is 0 Å². The summed E-state index contributed by atoms with van der Waals surface area (Å²) in [5.41, 5.74) is 0.193. The number of anilines is 1. The summed E-state index contributed by atoms with van der Waals surface area (Å²) in [6.45, 7) is 2.06. The van der Waals surface area contributed by atoms with Crippen LogP contribution in [-0.2, 0) is 9.59 Å². The first kappa shape index (κ1) is 17.4. The number of hydrogen-bond donors (Lipinski definition) is 3. The van der Waals surface area contributed by atoms with E-state index < -0.39 is 12.1 Å². The molecule has 134 valence electrons. The number of aromatic nitrogens is 1. The molecule has 1 aromatic rings. The largest absolute Gasteiger partial charge is 0.507 e. The molecule has 0 radical (unpaired) electrons. The van der Waals surface area contributed by atoms with Gasteiger partial charge in [0.15, 0.2) is 6.23 Å². The molecule has 2 aliphatic rings. The highest BCUT2D eigenvalue weighted by Gasteiger charge is 2.37. The van der Waals surface area contributed by atoms with Gasteiger partial charge in [-0.15, -0.1) is 0 Å². The maximum atomic E-state index is 12.7. The lowest BCUT2D eigenvalue weighted by atomic mass is 9.87. The number of amides is 1. The van der Waals surface area contributed by atoms with Crippen molar-refractivity contribution in [3.05, 3.63) is 29.5 Å². The minimum atomic E-state index is -1.42. The molecule has 0 aromatic carbocycles. The molecular formula is C18H23N3O4. The first-order valence-electron chi connectivity index (χ1n) is 8.60. The molecule has 1 aliphatic carbocycles. The van der Waals surface area contributed by atoms with E-state index in [0.717, 1.165) is 25.7 Å². The number of hydrogen-bond acceptors (Lipinski definition) is 6. The molecule has 7 nitrogen and oxygen atoms in total. The van der Waals surface area contributed by atoms with Crippen LogP contribution < -0.4 is 10.2 Å². The van der Waals surface area contributed by atoms with Crippen LogP contribution in [0.3, 0.4) is 0 Å². The van der Waals surface area contributed by atoms with Crippen molar-refractivity contribution in [2.24, 2.45) is 5.92 Å². The molecule has 1 atom stereocenters. The van der Waals surface area contributed by atoms with Gasteiger partial charge in [0.2, 0.25) is 0 Å². The second-order valence-electron chi connectivity index (χ2n) is 6.76. The summed E-state index contributed by atoms with van der Waals surface area (Å²) in [5, 5.41) is 24.0. The van der Waals surface area contributed by atoms with Crippen LogP contribution in [0, 0.1) is 5.92 Å². The van der Waals surface area contributed by atoms with Crippen molar-refractivity contribution in [3.63, 3.8) is 0 Å². The Balaban J connectivity index is 1.88. The molecule has 1 fully saturated rings. The third-order valence-electron chi connectivity index (χ3n) is 4.99. The molecule has 1 aliphatic heterocycles. The van der Waals surface area contributed by atoms with Gasteiger partial charge in [0, 0.05) is 12.2 Å². The molecule has 0 saturated heterocycles. The highest BCUT2D eigenvalue weighted by Crippen LogP contribution is 2.34. The van der Waals surface area contributed by atoms with Gasteiger partial charge in [0.1, 0.15) is 23.4 Å². The Bertz CT molecular complexity index is 695. The zero-order valence-corrected chi connectivity index (χ0v) is 14.2. The number of fused-ring (bicyclic) bond motifs is 1. The first-order chi connectivity index (χ1) is 12.0. The van der Waals surface area contributed by atoms with Gasteiger partial charge < -0.3 is 25.2 Å². The van der Waals surface area contributed by atoms with Crippen molar-refractivity contribution >= 4 is 23.8 Å². The van der Waals surface area contributed by atoms with Crippen molar-refractivity contribution in [2.75, 3.05) is 11.4 Å². The van der Waals surface area contributed by atoms with E-state index in [1.54, 1.807) is 12.1 Å². The van der Waals surface area contributed by atoms with Crippen LogP contribution in [0.1, 0.15) is 38.2 Å². The fraction of sp³-hybridized carbons (Fsp3) is 0.500. The highest BCUT2D eigenvalue weighted by molar-refractivity contribution is 6.03. The van der Waals surface area contributed by atoms with Gasteiger partial charge in [0.05, 0.1) is 12.1 Å². The minimum Gasteiger partial charge on any atom is -0.507 e. The zero-order valence-electron chi connectivity index (χ0n) is 14.2. The van der Waals surface area contributed by atoms with Gasteiger partial charge in [-0.1, -0.05) is 6.92 Å². The number of aliphatic hydroxyl groups is 2. The summed E-state index contributed by atoms with van der Waals surface area (Å²) in [4.78, 5) is 29.1. The molecule has 1 aromatic heterocycles. The topological polar surface area (TPSA) is 103 Å². The number of nitrogens with zero attached hydrogens (tertiary/aromatic N) is 2. The van der Waals surface area contributed by atoms with E-state index in [1.807, 2.05) is 0 Å². The van der Waals surface area contributed by atoms with E-state index in [4.69, 9.17) is 0 Å². The van der Waals surface area contributed by atoms with Crippen molar-refractivity contribution in [1.29, 1.82) is 0 Å². The molecule has 0 spiro atoms. The van der Waals surface area contributed by atoms with Gasteiger partial charge in [-0.05, 0) is 43.7 Å². The van der Waals surface area contributed by atoms with Gasteiger partial charge in [0.25, 0.3) is 5.91 Å². The van der Waals surface area contributed by atoms with Gasteiger partial charge in [-0.2, -0.15) is 0 Å². The number of pyridine rings is 1. The summed E-state index contributed by atoms with van der Waals surface area (Å²) in [6, 6.07) is 3.27. The van der Waals surface area contributed by atoms with Gasteiger partial charge in [-0.25, -0.2) is 4.98 Å². The van der Waals surface area contributed by atoms with Crippen LogP contribution in [0.25, 0.3) is 5.76 Å². The fourth-order valence-corrected chi connectivity index (χ4v) is 3.51. The second kappa shape index (κ2) is 7.23. The van der Waals surface area contributed by atoms with E-state index in [0.29, 0.717) is 17.8 Å². The number of nitrogens with one attached hydrogen (secondary N) is 1. The average molecular weight is 345 g/mol. The number of aldehydes is 1. The fourth-order valence-electron chi connectivity index (χ4n) is 3.51. The minimum absolute atomic E-state index is 0.0333. The number of rotatable bonds is 4. The SMILES string of the molecule is C[C@H]1CC[C@@H](NC(=O)C2=C(O)c3cccnc3N(CC=O)C2O)CC1. The summed E-state index contributed by atoms with van der Waals surface area (Å²) in [5.74, 6) is 0.138. The Morgan fingerprint density at radius 3 is 2.80 bits per heavy atom. The van der Waals surface area contributed by atoms with E-state index in [9.17, 15) is 19.8 Å². The van der Waals surface area contributed by atoms with Crippen molar-refractivity contribution in [1.82, 2.24) is 10.3 Å². The standard InChI is InChI=1S/C18H23N3O4/c1-11-4-6-12(7-5-11)20-17(24)14-15(23)13-3-2-8-19-16(13)21(9-10-22)18(14)25/h2-3,8,10-12,18,23,25H,4-7,9H2,1H3,(H,20,24)/t11-,12+,18?. The van der Waals surface area contributed by atoms with Crippen LogP contribution in [0.2, 0.25) is 0 Å². The van der Waals surface area contributed by atoms with Gasteiger partial charge in [-0.3, -0.25) is 4.79 Å². The van der Waals surface area contributed by atoms with E-state index in [1.165, 1.54) is 11.1 Å². The Hall–Kier alpha value is -2.41. The lowest BCUT2D eigenvalue weighted by molar-refractivity contribution is -0.119. The lowest BCUT2D eigenvalue weighted by Crippen LogP contribution is -2.48. The van der Waals surface area contributed by atoms with Crippen LogP contribution in [-0.4, -0.2) is 46.2 Å². The summed E-state index contributed by atoms with van der Waals surface area (Å²) < 4.78 is 0. The van der Waals surface area contributed by atoms with Crippen molar-refractivity contribution in [2.45, 2.75) is 44.9 Å². The molecular weight excluding hydrogens is 322 g/mol. The van der Waals surface area contributed by atoms with Crippen LogP contribution in [0.4, 0.5) is 5.82 Å². The predicted octanol–water partition coefficient (Wildman–Crippen LogP) is 1.38. The molecule has 2 heterocycles. The van der Waals surface area contributed by atoms with Crippen LogP contribution in [0.5, 0.6) is 0 Å². The van der Waals surface area contributed by atoms with Crippen molar-refractivity contribution in [3.8, 4) is 0 Å². The summed E-state index contributed by atoms with van der Waals surface area (Å²) >= 11 is 0. The quantitative estimate of drug-likeness (QED) is 0.713. The lowest BCUT2D eigenvalue weighted by Gasteiger charge is -2.35. The third kappa shape index (κ3) is 3.37. The first-order valence-corrected chi connectivity index (χ1v) is 8.60. The predicted molar refractivity (Wildman–Crippen MR) is 92.8 cm³/mol. The summed E-state index contributed by atoms with van der Waals surface area (Å²) in [6.07, 6.45) is 4.56. The Morgan fingerprint density at radius 1 is 1.40 bits per heavy atom. The Kier molecular flexibility index (Phi) is 5.03. The van der Waals surface area contributed by atoms with Crippen LogP contribution in [0.15, 0.2) is 23.9 Å². The zero-order chi connectivity index (χ0) is 18.0. The highest BCUT2D eigenvalue weighted by atomic mass is 16.3. The number of carbonyl (C=O) groups is 2. The van der Waals surface area contributed by atoms with Gasteiger partial charge >= 0.3 is 0 Å². The molecule has 1 amide bonds. The monoisotopic (exact) mass is 345 g/mol. The van der Waals surface area contributed by atoms with E-state index in [2.05, 4.69) is 17.2 Å². The summed E-state index contributed by atoms with van der Waals surface area (Å²) in [7, 11) is 0. The average Bonchev–Trinajstić information content (AvgIpc) is 2.61. The normalized spacial score (nSPS) is 26.2. The number of aliphatic hydroxyl groups excluding tert-OH is 2. The number of carbonyl (C=O) groups excluding carboxylic acids is 2. The second-order valence-corrected chi connectivity index (χ2v) is 6.76. The maximum Gasteiger partial charge on any atom is 0.255 e. The molecule has 0 bridgehead atoms. The van der Waals surface area contributed by atoms with E-state index in [-0.39, 0.29) is 29.7 Å². The molecule has 1 saturated carbocycles. The van der Waals surface area contributed by atoms with Crippen LogP contribution >= 0.6 is 0 Å². The Morgan fingerprint density at radius 2 is 2.12 bits per heavy atom. The molecule has 25 heavy (non-hydrogen) atoms. The van der Waals surface area contributed by atoms with Crippen molar-refractivity contribution < 1.29 is 19.8 Å². The maximum absolute atomic E-state index is 12.7. The molecule has 1 unspecified atom stereocenters. The molecule has 7 heteroatoms.